The van der Waals surface area contributed by atoms with E-state index in [1.165, 1.54) is 17.0 Å². The van der Waals surface area contributed by atoms with Gasteiger partial charge >= 0.3 is 0 Å². The Hall–Kier alpha value is -3.29. The summed E-state index contributed by atoms with van der Waals surface area (Å²) in [4.78, 5) is 27.7. The molecule has 0 aliphatic carbocycles. The van der Waals surface area contributed by atoms with Crippen LogP contribution in [-0.4, -0.2) is 79.3 Å². The molecule has 2 heterocycles. The Bertz CT molecular complexity index is 1430. The normalized spacial score (nSPS) is 14.4. The summed E-state index contributed by atoms with van der Waals surface area (Å²) in [6.45, 7) is 4.41. The van der Waals surface area contributed by atoms with Crippen molar-refractivity contribution in [2.24, 2.45) is 0 Å². The van der Waals surface area contributed by atoms with Crippen molar-refractivity contribution in [3.8, 4) is 0 Å². The van der Waals surface area contributed by atoms with Gasteiger partial charge in [-0.3, -0.25) is 19.8 Å². The Morgan fingerprint density at radius 2 is 1.80 bits per heavy atom. The molecule has 11 nitrogen and oxygen atoms in total. The molecule has 3 aromatic rings. The van der Waals surface area contributed by atoms with Crippen LogP contribution in [0, 0.1) is 17.0 Å². The fourth-order valence-corrected chi connectivity index (χ4v) is 5.94. The van der Waals surface area contributed by atoms with Crippen molar-refractivity contribution in [3.05, 3.63) is 92.9 Å². The number of carbonyl (C=O) groups excluding carboxylic acids is 1. The predicted octanol–water partition coefficient (Wildman–Crippen LogP) is 3.70. The summed E-state index contributed by atoms with van der Waals surface area (Å²) in [6, 6.07) is 16.3. The summed E-state index contributed by atoms with van der Waals surface area (Å²) in [6.07, 6.45) is 0. The minimum atomic E-state index is -4.30. The van der Waals surface area contributed by atoms with Crippen molar-refractivity contribution in [3.63, 3.8) is 0 Å². The first-order chi connectivity index (χ1) is 19.1. The molecule has 0 atom stereocenters. The number of aryl methyl sites for hydroxylation is 1. The summed E-state index contributed by atoms with van der Waals surface area (Å²) in [5, 5.41) is 11.3. The molecule has 0 radical (unpaired) electrons. The van der Waals surface area contributed by atoms with Crippen molar-refractivity contribution in [1.29, 1.82) is 0 Å². The van der Waals surface area contributed by atoms with E-state index >= 15 is 0 Å². The van der Waals surface area contributed by atoms with E-state index in [9.17, 15) is 23.3 Å². The summed E-state index contributed by atoms with van der Waals surface area (Å²) >= 11 is 5.93. The van der Waals surface area contributed by atoms with Crippen LogP contribution in [-0.2, 0) is 32.6 Å². The van der Waals surface area contributed by atoms with Gasteiger partial charge in [0, 0.05) is 38.8 Å². The van der Waals surface area contributed by atoms with Crippen molar-refractivity contribution >= 4 is 33.2 Å². The second-order valence-corrected chi connectivity index (χ2v) is 11.8. The zero-order chi connectivity index (χ0) is 28.7. The van der Waals surface area contributed by atoms with Crippen LogP contribution in [0.4, 0.5) is 5.69 Å². The zero-order valence-electron chi connectivity index (χ0n) is 22.1. The Balaban J connectivity index is 1.62. The average Bonchev–Trinajstić information content (AvgIpc) is 3.35. The van der Waals surface area contributed by atoms with Gasteiger partial charge in [-0.2, -0.15) is 4.31 Å². The van der Waals surface area contributed by atoms with Gasteiger partial charge in [-0.05, 0) is 36.8 Å². The number of carbonyl (C=O) groups is 1. The van der Waals surface area contributed by atoms with Gasteiger partial charge in [-0.15, -0.1) is 0 Å². The van der Waals surface area contributed by atoms with Crippen LogP contribution < -0.4 is 0 Å². The Kier molecular flexibility index (Phi) is 9.93. The van der Waals surface area contributed by atoms with Crippen molar-refractivity contribution in [1.82, 2.24) is 14.1 Å². The standard InChI is InChI=1S/C27H31ClN4O7S/c1-21-7-8-23(39-21)19-30(18-22-5-3-2-4-6-22)27(33)20-31(12-11-29-13-15-38-16-14-29)40(36,37)24-9-10-25(28)26(17-24)32(34)35/h2-10,17H,11-16,18-20H2,1H3. The first-order valence-corrected chi connectivity index (χ1v) is 14.6. The molecule has 214 valence electrons. The van der Waals surface area contributed by atoms with Gasteiger partial charge in [0.05, 0.1) is 36.1 Å². The number of halogens is 1. The van der Waals surface area contributed by atoms with E-state index in [4.69, 9.17) is 20.8 Å². The van der Waals surface area contributed by atoms with E-state index in [1.807, 2.05) is 35.2 Å². The third-order valence-corrected chi connectivity index (χ3v) is 8.71. The number of nitro groups is 1. The van der Waals surface area contributed by atoms with E-state index in [0.717, 1.165) is 15.9 Å². The molecule has 2 aromatic carbocycles. The number of nitrogens with zero attached hydrogens (tertiary/aromatic N) is 4. The second-order valence-electron chi connectivity index (χ2n) is 9.41. The van der Waals surface area contributed by atoms with Crippen molar-refractivity contribution in [2.75, 3.05) is 45.9 Å². The van der Waals surface area contributed by atoms with E-state index in [0.29, 0.717) is 44.4 Å². The lowest BCUT2D eigenvalue weighted by Crippen LogP contribution is -2.47. The quantitative estimate of drug-likeness (QED) is 0.231. The highest BCUT2D eigenvalue weighted by molar-refractivity contribution is 7.89. The molecule has 1 amide bonds. The topological polar surface area (TPSA) is 126 Å². The van der Waals surface area contributed by atoms with Gasteiger partial charge in [-0.1, -0.05) is 41.9 Å². The van der Waals surface area contributed by atoms with Crippen molar-refractivity contribution in [2.45, 2.75) is 24.9 Å². The SMILES string of the molecule is Cc1ccc(CN(Cc2ccccc2)C(=O)CN(CCN2CCOCC2)S(=O)(=O)c2ccc(Cl)c([N+](=O)[O-])c2)o1. The number of rotatable bonds is 12. The number of ether oxygens (including phenoxy) is 1. The molecule has 0 unspecified atom stereocenters. The summed E-state index contributed by atoms with van der Waals surface area (Å²) in [7, 11) is -4.30. The lowest BCUT2D eigenvalue weighted by Gasteiger charge is -2.31. The van der Waals surface area contributed by atoms with Crippen LogP contribution in [0.3, 0.4) is 0 Å². The fraction of sp³-hybridized carbons (Fsp3) is 0.370. The molecule has 13 heteroatoms. The van der Waals surface area contributed by atoms with Gasteiger partial charge < -0.3 is 14.1 Å². The third kappa shape index (κ3) is 7.67. The molecule has 40 heavy (non-hydrogen) atoms. The smallest absolute Gasteiger partial charge is 0.289 e. The van der Waals surface area contributed by atoms with E-state index < -0.39 is 33.1 Å². The summed E-state index contributed by atoms with van der Waals surface area (Å²) in [5.74, 6) is 0.825. The summed E-state index contributed by atoms with van der Waals surface area (Å²) in [5.41, 5.74) is 0.344. The number of hydrogen-bond acceptors (Lipinski definition) is 8. The lowest BCUT2D eigenvalue weighted by atomic mass is 10.2. The van der Waals surface area contributed by atoms with Crippen LogP contribution in [0.2, 0.25) is 5.02 Å². The fourth-order valence-electron chi connectivity index (χ4n) is 4.35. The molecule has 0 bridgehead atoms. The Morgan fingerprint density at radius 3 is 2.45 bits per heavy atom. The molecule has 1 aromatic heterocycles. The van der Waals surface area contributed by atoms with Crippen LogP contribution >= 0.6 is 11.6 Å². The summed E-state index contributed by atoms with van der Waals surface area (Å²) < 4.78 is 39.7. The Morgan fingerprint density at radius 1 is 1.07 bits per heavy atom. The highest BCUT2D eigenvalue weighted by atomic mass is 35.5. The number of hydrogen-bond donors (Lipinski definition) is 0. The van der Waals surface area contributed by atoms with Crippen LogP contribution in [0.5, 0.6) is 0 Å². The largest absolute Gasteiger partial charge is 0.464 e. The Labute approximate surface area is 238 Å². The number of amides is 1. The first kappa shape index (κ1) is 29.7. The monoisotopic (exact) mass is 590 g/mol. The predicted molar refractivity (Wildman–Crippen MR) is 148 cm³/mol. The molecule has 1 aliphatic rings. The lowest BCUT2D eigenvalue weighted by molar-refractivity contribution is -0.384. The molecule has 1 saturated heterocycles. The van der Waals surface area contributed by atoms with E-state index in [2.05, 4.69) is 0 Å². The second kappa shape index (κ2) is 13.4. The van der Waals surface area contributed by atoms with Gasteiger partial charge in [0.25, 0.3) is 5.69 Å². The number of nitro benzene ring substituents is 1. The number of morpholine rings is 1. The maximum Gasteiger partial charge on any atom is 0.289 e. The number of furan rings is 1. The highest BCUT2D eigenvalue weighted by Gasteiger charge is 2.31. The van der Waals surface area contributed by atoms with E-state index in [-0.39, 0.29) is 29.6 Å². The van der Waals surface area contributed by atoms with Gasteiger partial charge in [-0.25, -0.2) is 8.42 Å². The molecule has 4 rings (SSSR count). The molecule has 1 aliphatic heterocycles. The molecule has 1 fully saturated rings. The van der Waals surface area contributed by atoms with Crippen LogP contribution in [0.25, 0.3) is 0 Å². The molecule has 0 saturated carbocycles. The van der Waals surface area contributed by atoms with E-state index in [1.54, 1.807) is 19.1 Å². The van der Waals surface area contributed by atoms with Crippen LogP contribution in [0.1, 0.15) is 17.1 Å². The van der Waals surface area contributed by atoms with Gasteiger partial charge in [0.1, 0.15) is 16.5 Å². The van der Waals surface area contributed by atoms with Gasteiger partial charge in [0.2, 0.25) is 15.9 Å². The minimum absolute atomic E-state index is 0.00351. The first-order valence-electron chi connectivity index (χ1n) is 12.7. The molecular formula is C27H31ClN4O7S. The zero-order valence-corrected chi connectivity index (χ0v) is 23.6. The van der Waals surface area contributed by atoms with Gasteiger partial charge in [0.15, 0.2) is 0 Å². The average molecular weight is 591 g/mol. The molecular weight excluding hydrogens is 560 g/mol. The van der Waals surface area contributed by atoms with Crippen molar-refractivity contribution < 1.29 is 27.3 Å². The molecule has 0 N–H and O–H groups in total. The minimum Gasteiger partial charge on any atom is -0.464 e. The number of sulfonamides is 1. The third-order valence-electron chi connectivity index (χ3n) is 6.54. The maximum absolute atomic E-state index is 13.8. The highest BCUT2D eigenvalue weighted by Crippen LogP contribution is 2.29. The molecule has 0 spiro atoms. The van der Waals surface area contributed by atoms with Crippen LogP contribution in [0.15, 0.2) is 70.0 Å². The number of benzene rings is 2. The maximum atomic E-state index is 13.8.